The molecule has 1 saturated heterocycles. The van der Waals surface area contributed by atoms with Gasteiger partial charge in [0.05, 0.1) is 0 Å². The van der Waals surface area contributed by atoms with Gasteiger partial charge in [0.1, 0.15) is 0 Å². The quantitative estimate of drug-likeness (QED) is 0.930. The van der Waals surface area contributed by atoms with Crippen LogP contribution in [-0.2, 0) is 5.41 Å². The minimum Gasteiger partial charge on any atom is -0.338 e. The number of nitrogens with zero attached hydrogens (tertiary/aromatic N) is 1. The molecule has 1 aromatic rings. The van der Waals surface area contributed by atoms with Crippen molar-refractivity contribution in [3.05, 3.63) is 35.4 Å². The topological polar surface area (TPSA) is 32.3 Å². The summed E-state index contributed by atoms with van der Waals surface area (Å²) in [4.78, 5) is 14.4. The molecule has 4 heteroatoms. The second kappa shape index (κ2) is 7.28. The minimum absolute atomic E-state index is 0. The SMILES string of the molecule is CNCC1CCN(C(=O)c2ccc(C(C)(C)C)cc2)C1.Cl. The van der Waals surface area contributed by atoms with Crippen molar-refractivity contribution in [2.45, 2.75) is 32.6 Å². The predicted octanol–water partition coefficient (Wildman–Crippen LogP) is 3.09. The lowest BCUT2D eigenvalue weighted by Crippen LogP contribution is -2.30. The molecular formula is C17H27ClN2O. The summed E-state index contributed by atoms with van der Waals surface area (Å²) in [5.41, 5.74) is 2.21. The fourth-order valence-corrected chi connectivity index (χ4v) is 2.77. The highest BCUT2D eigenvalue weighted by Gasteiger charge is 2.26. The van der Waals surface area contributed by atoms with Gasteiger partial charge in [0, 0.05) is 18.7 Å². The summed E-state index contributed by atoms with van der Waals surface area (Å²) in [6.45, 7) is 9.31. The van der Waals surface area contributed by atoms with E-state index in [0.29, 0.717) is 5.92 Å². The maximum atomic E-state index is 12.5. The average Bonchev–Trinajstić information content (AvgIpc) is 2.86. The van der Waals surface area contributed by atoms with Crippen molar-refractivity contribution in [2.24, 2.45) is 5.92 Å². The Morgan fingerprint density at radius 2 is 1.90 bits per heavy atom. The molecule has 1 amide bonds. The Labute approximate surface area is 134 Å². The molecular weight excluding hydrogens is 284 g/mol. The van der Waals surface area contributed by atoms with E-state index in [0.717, 1.165) is 31.6 Å². The molecule has 21 heavy (non-hydrogen) atoms. The molecule has 0 spiro atoms. The Bertz CT molecular complexity index is 465. The molecule has 1 aliphatic rings. The molecule has 1 N–H and O–H groups in total. The number of rotatable bonds is 3. The van der Waals surface area contributed by atoms with E-state index in [-0.39, 0.29) is 23.7 Å². The van der Waals surface area contributed by atoms with Crippen molar-refractivity contribution in [1.82, 2.24) is 10.2 Å². The van der Waals surface area contributed by atoms with Crippen LogP contribution < -0.4 is 5.32 Å². The van der Waals surface area contributed by atoms with E-state index in [2.05, 4.69) is 38.2 Å². The number of amides is 1. The first-order valence-corrected chi connectivity index (χ1v) is 7.46. The molecule has 0 aromatic heterocycles. The van der Waals surface area contributed by atoms with Gasteiger partial charge in [-0.25, -0.2) is 0 Å². The van der Waals surface area contributed by atoms with Crippen molar-refractivity contribution < 1.29 is 4.79 Å². The number of nitrogens with one attached hydrogen (secondary N) is 1. The zero-order valence-corrected chi connectivity index (χ0v) is 14.3. The third-order valence-corrected chi connectivity index (χ3v) is 4.06. The number of carbonyl (C=O) groups is 1. The lowest BCUT2D eigenvalue weighted by molar-refractivity contribution is 0.0787. The van der Waals surface area contributed by atoms with Gasteiger partial charge in [-0.05, 0) is 49.0 Å². The number of hydrogen-bond donors (Lipinski definition) is 1. The zero-order valence-electron chi connectivity index (χ0n) is 13.5. The van der Waals surface area contributed by atoms with Crippen LogP contribution in [0, 0.1) is 5.92 Å². The van der Waals surface area contributed by atoms with E-state index in [9.17, 15) is 4.79 Å². The van der Waals surface area contributed by atoms with Crippen LogP contribution in [0.15, 0.2) is 24.3 Å². The number of carbonyl (C=O) groups excluding carboxylic acids is 1. The number of hydrogen-bond acceptors (Lipinski definition) is 2. The first kappa shape index (κ1) is 18.0. The van der Waals surface area contributed by atoms with E-state index in [4.69, 9.17) is 0 Å². The average molecular weight is 311 g/mol. The minimum atomic E-state index is 0. The molecule has 0 saturated carbocycles. The van der Waals surface area contributed by atoms with Crippen LogP contribution in [0.5, 0.6) is 0 Å². The standard InChI is InChI=1S/C17H26N2O.ClH/c1-17(2,3)15-7-5-14(6-8-15)16(20)19-10-9-13(12-19)11-18-4;/h5-8,13,18H,9-12H2,1-4H3;1H. The normalized spacial score (nSPS) is 18.5. The molecule has 0 radical (unpaired) electrons. The maximum Gasteiger partial charge on any atom is 0.253 e. The van der Waals surface area contributed by atoms with Crippen LogP contribution in [0.1, 0.15) is 43.1 Å². The van der Waals surface area contributed by atoms with E-state index in [1.807, 2.05) is 24.1 Å². The van der Waals surface area contributed by atoms with Gasteiger partial charge in [0.2, 0.25) is 0 Å². The van der Waals surface area contributed by atoms with E-state index in [1.165, 1.54) is 5.56 Å². The van der Waals surface area contributed by atoms with Crippen LogP contribution in [0.4, 0.5) is 0 Å². The maximum absolute atomic E-state index is 12.5. The Hall–Kier alpha value is -1.06. The van der Waals surface area contributed by atoms with Crippen molar-refractivity contribution in [3.63, 3.8) is 0 Å². The molecule has 1 aromatic carbocycles. The largest absolute Gasteiger partial charge is 0.338 e. The summed E-state index contributed by atoms with van der Waals surface area (Å²) in [6, 6.07) is 8.09. The van der Waals surface area contributed by atoms with Crippen molar-refractivity contribution >= 4 is 18.3 Å². The second-order valence-electron chi connectivity index (χ2n) is 6.79. The van der Waals surface area contributed by atoms with Gasteiger partial charge in [-0.15, -0.1) is 12.4 Å². The Balaban J connectivity index is 0.00000220. The first-order chi connectivity index (χ1) is 9.41. The third-order valence-electron chi connectivity index (χ3n) is 4.06. The van der Waals surface area contributed by atoms with Gasteiger partial charge < -0.3 is 10.2 Å². The molecule has 3 nitrogen and oxygen atoms in total. The highest BCUT2D eigenvalue weighted by Crippen LogP contribution is 2.23. The van der Waals surface area contributed by atoms with Crippen LogP contribution in [-0.4, -0.2) is 37.5 Å². The first-order valence-electron chi connectivity index (χ1n) is 7.46. The molecule has 1 aliphatic heterocycles. The monoisotopic (exact) mass is 310 g/mol. The number of benzene rings is 1. The van der Waals surface area contributed by atoms with Gasteiger partial charge in [0.15, 0.2) is 0 Å². The lowest BCUT2D eigenvalue weighted by Gasteiger charge is -2.20. The van der Waals surface area contributed by atoms with E-state index >= 15 is 0 Å². The van der Waals surface area contributed by atoms with Gasteiger partial charge in [-0.1, -0.05) is 32.9 Å². The molecule has 1 heterocycles. The summed E-state index contributed by atoms with van der Waals surface area (Å²) in [6.07, 6.45) is 1.10. The molecule has 2 rings (SSSR count). The highest BCUT2D eigenvalue weighted by atomic mass is 35.5. The van der Waals surface area contributed by atoms with E-state index in [1.54, 1.807) is 0 Å². The number of likely N-dealkylation sites (tertiary alicyclic amines) is 1. The Kier molecular flexibility index (Phi) is 6.24. The number of halogens is 1. The molecule has 0 aliphatic carbocycles. The summed E-state index contributed by atoms with van der Waals surface area (Å²) >= 11 is 0. The van der Waals surface area contributed by atoms with E-state index < -0.39 is 0 Å². The van der Waals surface area contributed by atoms with Gasteiger partial charge >= 0.3 is 0 Å². The Morgan fingerprint density at radius 3 is 2.43 bits per heavy atom. The zero-order chi connectivity index (χ0) is 14.8. The third kappa shape index (κ3) is 4.45. The van der Waals surface area contributed by atoms with Crippen LogP contribution in [0.3, 0.4) is 0 Å². The predicted molar refractivity (Wildman–Crippen MR) is 90.3 cm³/mol. The van der Waals surface area contributed by atoms with Crippen molar-refractivity contribution in [2.75, 3.05) is 26.7 Å². The fraction of sp³-hybridized carbons (Fsp3) is 0.588. The van der Waals surface area contributed by atoms with Crippen molar-refractivity contribution in [1.29, 1.82) is 0 Å². The second-order valence-corrected chi connectivity index (χ2v) is 6.79. The molecule has 1 fully saturated rings. The summed E-state index contributed by atoms with van der Waals surface area (Å²) in [7, 11) is 1.97. The van der Waals surface area contributed by atoms with Crippen LogP contribution in [0.25, 0.3) is 0 Å². The Morgan fingerprint density at radius 1 is 1.29 bits per heavy atom. The van der Waals surface area contributed by atoms with Crippen LogP contribution in [0.2, 0.25) is 0 Å². The molecule has 118 valence electrons. The molecule has 0 bridgehead atoms. The summed E-state index contributed by atoms with van der Waals surface area (Å²) in [5.74, 6) is 0.766. The van der Waals surface area contributed by atoms with Crippen molar-refractivity contribution in [3.8, 4) is 0 Å². The summed E-state index contributed by atoms with van der Waals surface area (Å²) < 4.78 is 0. The molecule has 1 unspecified atom stereocenters. The van der Waals surface area contributed by atoms with Gasteiger partial charge in [0.25, 0.3) is 5.91 Å². The molecule has 1 atom stereocenters. The van der Waals surface area contributed by atoms with Crippen LogP contribution >= 0.6 is 12.4 Å². The lowest BCUT2D eigenvalue weighted by atomic mass is 9.86. The van der Waals surface area contributed by atoms with Gasteiger partial charge in [-0.3, -0.25) is 4.79 Å². The fourth-order valence-electron chi connectivity index (χ4n) is 2.77. The summed E-state index contributed by atoms with van der Waals surface area (Å²) in [5, 5.41) is 3.19. The highest BCUT2D eigenvalue weighted by molar-refractivity contribution is 5.94. The smallest absolute Gasteiger partial charge is 0.253 e. The van der Waals surface area contributed by atoms with Gasteiger partial charge in [-0.2, -0.15) is 0 Å².